The van der Waals surface area contributed by atoms with Crippen LogP contribution in [0.1, 0.15) is 39.3 Å². The van der Waals surface area contributed by atoms with E-state index in [4.69, 9.17) is 9.47 Å². The van der Waals surface area contributed by atoms with Crippen LogP contribution in [0.25, 0.3) is 0 Å². The molecule has 0 saturated carbocycles. The van der Waals surface area contributed by atoms with E-state index in [9.17, 15) is 4.79 Å². The van der Waals surface area contributed by atoms with Crippen LogP contribution in [0.3, 0.4) is 0 Å². The highest BCUT2D eigenvalue weighted by molar-refractivity contribution is 5.68. The number of likely N-dealkylation sites (N-methyl/N-ethyl adjacent to an activating group) is 1. The fourth-order valence-corrected chi connectivity index (χ4v) is 2.81. The SMILES string of the molecule is COc1nccnc1CN(C)C1CCCN(C(=O)OC(C)(C)C)C1. The Bertz CT molecular complexity index is 559. The zero-order chi connectivity index (χ0) is 17.7. The van der Waals surface area contributed by atoms with Crippen LogP contribution in [-0.2, 0) is 11.3 Å². The minimum atomic E-state index is -0.469. The molecular weight excluding hydrogens is 308 g/mol. The topological polar surface area (TPSA) is 67.8 Å². The number of piperidine rings is 1. The van der Waals surface area contributed by atoms with Crippen molar-refractivity contribution in [3.05, 3.63) is 18.1 Å². The van der Waals surface area contributed by atoms with E-state index in [1.54, 1.807) is 24.4 Å². The molecule has 1 aliphatic rings. The number of hydrogen-bond acceptors (Lipinski definition) is 6. The maximum atomic E-state index is 12.3. The summed E-state index contributed by atoms with van der Waals surface area (Å²) in [6.45, 7) is 7.70. The first-order valence-electron chi connectivity index (χ1n) is 8.32. The summed E-state index contributed by atoms with van der Waals surface area (Å²) in [6, 6.07) is 0.262. The van der Waals surface area contributed by atoms with Crippen molar-refractivity contribution in [2.75, 3.05) is 27.2 Å². The number of aromatic nitrogens is 2. The summed E-state index contributed by atoms with van der Waals surface area (Å²) in [5.41, 5.74) is 0.333. The number of carbonyl (C=O) groups excluding carboxylic acids is 1. The van der Waals surface area contributed by atoms with Crippen LogP contribution < -0.4 is 4.74 Å². The quantitative estimate of drug-likeness (QED) is 0.840. The van der Waals surface area contributed by atoms with E-state index >= 15 is 0 Å². The normalized spacial score (nSPS) is 18.6. The van der Waals surface area contributed by atoms with Crippen molar-refractivity contribution < 1.29 is 14.3 Å². The molecule has 1 atom stereocenters. The summed E-state index contributed by atoms with van der Waals surface area (Å²) >= 11 is 0. The van der Waals surface area contributed by atoms with Crippen LogP contribution >= 0.6 is 0 Å². The van der Waals surface area contributed by atoms with Crippen LogP contribution in [0, 0.1) is 0 Å². The third kappa shape index (κ3) is 5.06. The van der Waals surface area contributed by atoms with Gasteiger partial charge in [-0.25, -0.2) is 9.78 Å². The van der Waals surface area contributed by atoms with Crippen LogP contribution in [0.2, 0.25) is 0 Å². The molecule has 7 nitrogen and oxygen atoms in total. The highest BCUT2D eigenvalue weighted by Crippen LogP contribution is 2.21. The predicted molar refractivity (Wildman–Crippen MR) is 90.9 cm³/mol. The molecule has 134 valence electrons. The maximum Gasteiger partial charge on any atom is 0.410 e. The van der Waals surface area contributed by atoms with Gasteiger partial charge in [0.2, 0.25) is 5.88 Å². The molecule has 1 saturated heterocycles. The van der Waals surface area contributed by atoms with Crippen molar-refractivity contribution in [1.82, 2.24) is 19.8 Å². The van der Waals surface area contributed by atoms with E-state index in [1.807, 2.05) is 27.8 Å². The first-order valence-corrected chi connectivity index (χ1v) is 8.32. The van der Waals surface area contributed by atoms with Gasteiger partial charge in [-0.1, -0.05) is 0 Å². The average molecular weight is 336 g/mol. The van der Waals surface area contributed by atoms with Crippen LogP contribution in [0.4, 0.5) is 4.79 Å². The van der Waals surface area contributed by atoms with Crippen LogP contribution in [-0.4, -0.2) is 64.8 Å². The number of amides is 1. The van der Waals surface area contributed by atoms with E-state index in [1.165, 1.54) is 0 Å². The molecule has 1 aromatic rings. The molecule has 0 spiro atoms. The molecule has 0 bridgehead atoms. The van der Waals surface area contributed by atoms with Gasteiger partial charge in [-0.05, 0) is 40.7 Å². The van der Waals surface area contributed by atoms with Crippen LogP contribution in [0.5, 0.6) is 5.88 Å². The number of methoxy groups -OCH3 is 1. The van der Waals surface area contributed by atoms with Gasteiger partial charge in [-0.3, -0.25) is 9.88 Å². The molecule has 0 N–H and O–H groups in total. The zero-order valence-electron chi connectivity index (χ0n) is 15.3. The van der Waals surface area contributed by atoms with E-state index < -0.39 is 5.60 Å². The molecule has 2 heterocycles. The highest BCUT2D eigenvalue weighted by atomic mass is 16.6. The molecule has 0 aliphatic carbocycles. The number of ether oxygens (including phenoxy) is 2. The summed E-state index contributed by atoms with van der Waals surface area (Å²) in [5, 5.41) is 0. The number of rotatable bonds is 4. The van der Waals surface area contributed by atoms with E-state index in [0.717, 1.165) is 25.1 Å². The van der Waals surface area contributed by atoms with Crippen molar-refractivity contribution >= 4 is 6.09 Å². The van der Waals surface area contributed by atoms with E-state index in [0.29, 0.717) is 19.0 Å². The number of hydrogen-bond donors (Lipinski definition) is 0. The van der Waals surface area contributed by atoms with E-state index in [-0.39, 0.29) is 12.1 Å². The lowest BCUT2D eigenvalue weighted by Gasteiger charge is -2.38. The monoisotopic (exact) mass is 336 g/mol. The molecule has 2 rings (SSSR count). The van der Waals surface area contributed by atoms with Crippen molar-refractivity contribution in [2.45, 2.75) is 51.8 Å². The van der Waals surface area contributed by atoms with Crippen molar-refractivity contribution in [1.29, 1.82) is 0 Å². The minimum Gasteiger partial charge on any atom is -0.480 e. The second kappa shape index (κ2) is 7.79. The standard InChI is InChI=1S/C17H28N4O3/c1-17(2,3)24-16(22)21-10-6-7-13(11-21)20(4)12-14-15(23-5)19-9-8-18-14/h8-9,13H,6-7,10-12H2,1-5H3. The van der Waals surface area contributed by atoms with Crippen molar-refractivity contribution in [2.24, 2.45) is 0 Å². The fraction of sp³-hybridized carbons (Fsp3) is 0.706. The zero-order valence-corrected chi connectivity index (χ0v) is 15.3. The fourth-order valence-electron chi connectivity index (χ4n) is 2.81. The number of nitrogens with zero attached hydrogens (tertiary/aromatic N) is 4. The van der Waals surface area contributed by atoms with Crippen molar-refractivity contribution in [3.8, 4) is 5.88 Å². The van der Waals surface area contributed by atoms with Gasteiger partial charge in [0.15, 0.2) is 0 Å². The Morgan fingerprint density at radius 1 is 1.38 bits per heavy atom. The number of likely N-dealkylation sites (tertiary alicyclic amines) is 1. The second-order valence-corrected chi connectivity index (χ2v) is 7.15. The molecule has 0 radical (unpaired) electrons. The van der Waals surface area contributed by atoms with Gasteiger partial charge >= 0.3 is 6.09 Å². The predicted octanol–water partition coefficient (Wildman–Crippen LogP) is 2.32. The lowest BCUT2D eigenvalue weighted by Crippen LogP contribution is -2.49. The van der Waals surface area contributed by atoms with Gasteiger partial charge in [0.25, 0.3) is 0 Å². The summed E-state index contributed by atoms with van der Waals surface area (Å²) < 4.78 is 10.7. The summed E-state index contributed by atoms with van der Waals surface area (Å²) in [7, 11) is 3.63. The smallest absolute Gasteiger partial charge is 0.410 e. The third-order valence-electron chi connectivity index (χ3n) is 4.00. The Morgan fingerprint density at radius 2 is 2.08 bits per heavy atom. The summed E-state index contributed by atoms with van der Waals surface area (Å²) in [6.07, 6.45) is 5.05. The second-order valence-electron chi connectivity index (χ2n) is 7.15. The average Bonchev–Trinajstić information content (AvgIpc) is 2.54. The molecule has 24 heavy (non-hydrogen) atoms. The number of carbonyl (C=O) groups is 1. The molecule has 1 fully saturated rings. The van der Waals surface area contributed by atoms with E-state index in [2.05, 4.69) is 14.9 Å². The van der Waals surface area contributed by atoms with Crippen LogP contribution in [0.15, 0.2) is 12.4 Å². The molecule has 1 unspecified atom stereocenters. The van der Waals surface area contributed by atoms with Gasteiger partial charge in [-0.2, -0.15) is 0 Å². The summed E-state index contributed by atoms with van der Waals surface area (Å²) in [5.74, 6) is 0.546. The largest absolute Gasteiger partial charge is 0.480 e. The first kappa shape index (κ1) is 18.4. The summed E-state index contributed by atoms with van der Waals surface area (Å²) in [4.78, 5) is 24.8. The highest BCUT2D eigenvalue weighted by Gasteiger charge is 2.29. The maximum absolute atomic E-state index is 12.3. The van der Waals surface area contributed by atoms with Gasteiger partial charge in [0.05, 0.1) is 7.11 Å². The Labute approximate surface area is 144 Å². The lowest BCUT2D eigenvalue weighted by molar-refractivity contribution is 0.0119. The van der Waals surface area contributed by atoms with Gasteiger partial charge in [0, 0.05) is 38.1 Å². The van der Waals surface area contributed by atoms with Gasteiger partial charge in [0.1, 0.15) is 11.3 Å². The van der Waals surface area contributed by atoms with Gasteiger partial charge in [-0.15, -0.1) is 0 Å². The Hall–Kier alpha value is -1.89. The lowest BCUT2D eigenvalue weighted by atomic mass is 10.0. The molecular formula is C17H28N4O3. The minimum absolute atomic E-state index is 0.238. The molecule has 1 amide bonds. The third-order valence-corrected chi connectivity index (χ3v) is 4.00. The molecule has 1 aliphatic heterocycles. The first-order chi connectivity index (χ1) is 11.3. The van der Waals surface area contributed by atoms with Gasteiger partial charge < -0.3 is 14.4 Å². The Balaban J connectivity index is 1.97. The molecule has 0 aromatic carbocycles. The Morgan fingerprint density at radius 3 is 2.75 bits per heavy atom. The van der Waals surface area contributed by atoms with Crippen molar-refractivity contribution in [3.63, 3.8) is 0 Å². The molecule has 1 aromatic heterocycles. The Kier molecular flexibility index (Phi) is 5.99. The molecule has 7 heteroatoms.